The number of hydrogen-bond donors (Lipinski definition) is 1. The lowest BCUT2D eigenvalue weighted by molar-refractivity contribution is -0.138. The fourth-order valence-electron chi connectivity index (χ4n) is 8.18. The molecule has 4 saturated carbocycles. The highest BCUT2D eigenvalue weighted by molar-refractivity contribution is 5.66. The first-order chi connectivity index (χ1) is 11.4. The molecular weight excluding hydrogens is 296 g/mol. The van der Waals surface area contributed by atoms with Gasteiger partial charge < -0.3 is 5.11 Å². The molecular formula is C22H36O2. The number of aliphatic carboxylic acids is 1. The molecule has 0 spiro atoms. The van der Waals surface area contributed by atoms with Gasteiger partial charge in [-0.2, -0.15) is 0 Å². The van der Waals surface area contributed by atoms with Gasteiger partial charge in [0.2, 0.25) is 0 Å². The molecule has 4 rings (SSSR count). The van der Waals surface area contributed by atoms with E-state index in [9.17, 15) is 4.79 Å². The van der Waals surface area contributed by atoms with Crippen LogP contribution in [0.5, 0.6) is 0 Å². The molecule has 136 valence electrons. The first-order valence-electron chi connectivity index (χ1n) is 10.7. The topological polar surface area (TPSA) is 37.3 Å². The van der Waals surface area contributed by atoms with Crippen molar-refractivity contribution in [1.82, 2.24) is 0 Å². The van der Waals surface area contributed by atoms with Crippen LogP contribution < -0.4 is 0 Å². The van der Waals surface area contributed by atoms with Gasteiger partial charge >= 0.3 is 5.97 Å². The normalized spacial score (nSPS) is 50.7. The van der Waals surface area contributed by atoms with E-state index in [4.69, 9.17) is 5.11 Å². The second-order valence-corrected chi connectivity index (χ2v) is 10.2. The monoisotopic (exact) mass is 332 g/mol. The summed E-state index contributed by atoms with van der Waals surface area (Å²) in [6, 6.07) is 0. The predicted molar refractivity (Wildman–Crippen MR) is 96.7 cm³/mol. The van der Waals surface area contributed by atoms with Crippen molar-refractivity contribution < 1.29 is 9.90 Å². The zero-order valence-electron chi connectivity index (χ0n) is 15.7. The number of carboxylic acid groups (broad SMARTS) is 1. The summed E-state index contributed by atoms with van der Waals surface area (Å²) in [5, 5.41) is 9.10. The van der Waals surface area contributed by atoms with Crippen molar-refractivity contribution in [2.45, 2.75) is 90.9 Å². The Labute approximate surface area is 147 Å². The Morgan fingerprint density at radius 1 is 0.917 bits per heavy atom. The first kappa shape index (κ1) is 16.9. The molecule has 0 bridgehead atoms. The molecule has 7 atom stereocenters. The Morgan fingerprint density at radius 2 is 1.71 bits per heavy atom. The van der Waals surface area contributed by atoms with Crippen LogP contribution in [0.4, 0.5) is 0 Å². The third-order valence-corrected chi connectivity index (χ3v) is 9.49. The highest BCUT2D eigenvalue weighted by Crippen LogP contribution is 2.67. The van der Waals surface area contributed by atoms with E-state index in [0.29, 0.717) is 23.2 Å². The molecule has 0 amide bonds. The average Bonchev–Trinajstić information content (AvgIpc) is 2.89. The third-order valence-electron chi connectivity index (χ3n) is 9.49. The van der Waals surface area contributed by atoms with E-state index in [2.05, 4.69) is 13.8 Å². The molecule has 2 heteroatoms. The van der Waals surface area contributed by atoms with Gasteiger partial charge in [0.25, 0.3) is 0 Å². The standard InChI is InChI=1S/C22H36O2/c1-21-13-4-3-5-15(21)6-9-17-18-10-7-16(8-11-20(23)24)22(18,2)14-12-19(17)21/h15-19H,3-14H2,1-2H3,(H,23,24)/t15-,16+,17+,18+,19+,21+,22-/m1/s1. The molecule has 0 saturated heterocycles. The van der Waals surface area contributed by atoms with Gasteiger partial charge in [-0.1, -0.05) is 26.7 Å². The van der Waals surface area contributed by atoms with Crippen molar-refractivity contribution in [2.24, 2.45) is 40.4 Å². The van der Waals surface area contributed by atoms with E-state index in [-0.39, 0.29) is 0 Å². The van der Waals surface area contributed by atoms with Gasteiger partial charge in [-0.25, -0.2) is 0 Å². The molecule has 2 nitrogen and oxygen atoms in total. The van der Waals surface area contributed by atoms with Crippen LogP contribution in [0.3, 0.4) is 0 Å². The van der Waals surface area contributed by atoms with Crippen LogP contribution in [0, 0.1) is 40.4 Å². The van der Waals surface area contributed by atoms with Gasteiger partial charge in [0.1, 0.15) is 0 Å². The van der Waals surface area contributed by atoms with E-state index >= 15 is 0 Å². The van der Waals surface area contributed by atoms with Crippen LogP contribution in [0.15, 0.2) is 0 Å². The van der Waals surface area contributed by atoms with Gasteiger partial charge in [0.15, 0.2) is 0 Å². The third kappa shape index (κ3) is 2.46. The zero-order chi connectivity index (χ0) is 16.9. The fourth-order valence-corrected chi connectivity index (χ4v) is 8.18. The summed E-state index contributed by atoms with van der Waals surface area (Å²) in [5.74, 6) is 3.85. The van der Waals surface area contributed by atoms with Crippen molar-refractivity contribution in [3.63, 3.8) is 0 Å². The van der Waals surface area contributed by atoms with E-state index in [1.165, 1.54) is 64.2 Å². The van der Waals surface area contributed by atoms with Crippen molar-refractivity contribution >= 4 is 5.97 Å². The van der Waals surface area contributed by atoms with E-state index in [1.807, 2.05) is 0 Å². The van der Waals surface area contributed by atoms with Gasteiger partial charge in [0.05, 0.1) is 0 Å². The Bertz CT molecular complexity index is 500. The molecule has 0 radical (unpaired) electrons. The van der Waals surface area contributed by atoms with Crippen molar-refractivity contribution in [3.05, 3.63) is 0 Å². The number of hydrogen-bond acceptors (Lipinski definition) is 1. The molecule has 4 fully saturated rings. The van der Waals surface area contributed by atoms with Gasteiger partial charge in [-0.3, -0.25) is 4.79 Å². The molecule has 0 aliphatic heterocycles. The minimum Gasteiger partial charge on any atom is -0.481 e. The van der Waals surface area contributed by atoms with E-state index in [0.717, 1.165) is 30.1 Å². The van der Waals surface area contributed by atoms with Crippen LogP contribution in [0.1, 0.15) is 90.9 Å². The zero-order valence-corrected chi connectivity index (χ0v) is 15.7. The number of carboxylic acids is 1. The molecule has 0 heterocycles. The lowest BCUT2D eigenvalue weighted by Gasteiger charge is -2.60. The van der Waals surface area contributed by atoms with Crippen molar-refractivity contribution in [2.75, 3.05) is 0 Å². The highest BCUT2D eigenvalue weighted by atomic mass is 16.4. The Balaban J connectivity index is 1.54. The van der Waals surface area contributed by atoms with Gasteiger partial charge in [-0.15, -0.1) is 0 Å². The molecule has 0 aromatic carbocycles. The second-order valence-electron chi connectivity index (χ2n) is 10.2. The van der Waals surface area contributed by atoms with Gasteiger partial charge in [0, 0.05) is 6.42 Å². The second kappa shape index (κ2) is 6.02. The number of fused-ring (bicyclic) bond motifs is 5. The first-order valence-corrected chi connectivity index (χ1v) is 10.7. The maximum atomic E-state index is 11.0. The quantitative estimate of drug-likeness (QED) is 0.698. The van der Waals surface area contributed by atoms with Crippen LogP contribution in [-0.4, -0.2) is 11.1 Å². The molecule has 0 aromatic rings. The average molecular weight is 333 g/mol. The Kier molecular flexibility index (Phi) is 4.24. The summed E-state index contributed by atoms with van der Waals surface area (Å²) in [6.45, 7) is 5.18. The van der Waals surface area contributed by atoms with Crippen LogP contribution in [0.25, 0.3) is 0 Å². The summed E-state index contributed by atoms with van der Waals surface area (Å²) >= 11 is 0. The Morgan fingerprint density at radius 3 is 2.50 bits per heavy atom. The molecule has 4 aliphatic carbocycles. The minimum atomic E-state index is -0.606. The number of carbonyl (C=O) groups is 1. The lowest BCUT2D eigenvalue weighted by atomic mass is 9.45. The molecule has 4 aliphatic rings. The lowest BCUT2D eigenvalue weighted by Crippen LogP contribution is -2.52. The fraction of sp³-hybridized carbons (Fsp3) is 0.955. The van der Waals surface area contributed by atoms with Gasteiger partial charge in [-0.05, 0) is 98.2 Å². The molecule has 0 aromatic heterocycles. The highest BCUT2D eigenvalue weighted by Gasteiger charge is 2.59. The van der Waals surface area contributed by atoms with Crippen molar-refractivity contribution in [3.8, 4) is 0 Å². The molecule has 24 heavy (non-hydrogen) atoms. The van der Waals surface area contributed by atoms with Crippen LogP contribution in [-0.2, 0) is 4.79 Å². The molecule has 1 N–H and O–H groups in total. The molecule has 0 unspecified atom stereocenters. The van der Waals surface area contributed by atoms with Crippen molar-refractivity contribution in [1.29, 1.82) is 0 Å². The number of rotatable bonds is 3. The summed E-state index contributed by atoms with van der Waals surface area (Å²) < 4.78 is 0. The summed E-state index contributed by atoms with van der Waals surface area (Å²) in [6.07, 6.45) is 15.6. The largest absolute Gasteiger partial charge is 0.481 e. The van der Waals surface area contributed by atoms with Crippen LogP contribution in [0.2, 0.25) is 0 Å². The Hall–Kier alpha value is -0.530. The smallest absolute Gasteiger partial charge is 0.303 e. The van der Waals surface area contributed by atoms with E-state index in [1.54, 1.807) is 0 Å². The predicted octanol–water partition coefficient (Wildman–Crippen LogP) is 5.90. The van der Waals surface area contributed by atoms with E-state index < -0.39 is 5.97 Å². The van der Waals surface area contributed by atoms with Crippen LogP contribution >= 0.6 is 0 Å². The summed E-state index contributed by atoms with van der Waals surface area (Å²) in [5.41, 5.74) is 1.07. The maximum absolute atomic E-state index is 11.0. The maximum Gasteiger partial charge on any atom is 0.303 e. The SMILES string of the molecule is C[C@]12CCCC[C@@H]1CC[C@@H]1[C@@H]2CC[C@]2(C)[C@H](CCC(=O)O)CC[C@@H]12. The minimum absolute atomic E-state index is 0.376. The summed E-state index contributed by atoms with van der Waals surface area (Å²) in [7, 11) is 0. The summed E-state index contributed by atoms with van der Waals surface area (Å²) in [4.78, 5) is 11.0.